The molecule has 0 fully saturated rings. The molecule has 0 amide bonds. The van der Waals surface area contributed by atoms with Gasteiger partial charge in [-0.25, -0.2) is 0 Å². The lowest BCUT2D eigenvalue weighted by molar-refractivity contribution is 0.478. The molecule has 0 spiro atoms. The molecule has 1 aliphatic carbocycles. The molecule has 21 heteroatoms. The molecule has 0 saturated heterocycles. The minimum Gasteiger partial charge on any atom is -0.378 e. The molecule has 75 heavy (non-hydrogen) atoms. The van der Waals surface area contributed by atoms with Gasteiger partial charge >= 0.3 is 40.5 Å². The number of para-hydroxylation sites is 3. The van der Waals surface area contributed by atoms with Crippen molar-refractivity contribution in [2.24, 2.45) is 0 Å². The van der Waals surface area contributed by atoms with Crippen molar-refractivity contribution >= 4 is 104 Å². The van der Waals surface area contributed by atoms with Gasteiger partial charge in [-0.3, -0.25) is 0 Å². The van der Waals surface area contributed by atoms with E-state index in [0.29, 0.717) is 23.5 Å². The van der Waals surface area contributed by atoms with Gasteiger partial charge in [0.1, 0.15) is 42.6 Å². The maximum Gasteiger partial charge on any atom is 0.339 e. The Balaban J connectivity index is 1.33. The van der Waals surface area contributed by atoms with Gasteiger partial charge in [-0.15, -0.1) is 0 Å². The van der Waals surface area contributed by atoms with Gasteiger partial charge in [0, 0.05) is 88.1 Å². The van der Waals surface area contributed by atoms with E-state index >= 15 is 0 Å². The maximum absolute atomic E-state index is 14.4. The van der Waals surface area contributed by atoms with Crippen molar-refractivity contribution < 1.29 is 50.4 Å². The normalized spacial score (nSPS) is 12.8. The Labute approximate surface area is 468 Å². The lowest BCUT2D eigenvalue weighted by atomic mass is 9.90. The Kier molecular flexibility index (Phi) is 15.9. The molecule has 0 radical (unpaired) electrons. The van der Waals surface area contributed by atoms with Gasteiger partial charge in [0.2, 0.25) is 0 Å². The summed E-state index contributed by atoms with van der Waals surface area (Å²) in [7, 11) is -18.5. The highest BCUT2D eigenvalue weighted by Gasteiger charge is 2.30. The zero-order chi connectivity index (χ0) is 53.3. The zero-order valence-electron chi connectivity index (χ0n) is 38.6. The minimum absolute atomic E-state index is 0.132. The van der Waals surface area contributed by atoms with Crippen LogP contribution in [0.1, 0.15) is 50.1 Å². The molecule has 13 nitrogen and oxygen atoms in total. The van der Waals surface area contributed by atoms with Gasteiger partial charge in [0.25, 0.3) is 0 Å². The van der Waals surface area contributed by atoms with Gasteiger partial charge in [0.05, 0.1) is 12.5 Å². The Hall–Kier alpha value is -5.83. The molecule has 1 aliphatic rings. The second-order valence-corrected chi connectivity index (χ2v) is 26.8. The van der Waals surface area contributed by atoms with E-state index in [4.69, 9.17) is 16.7 Å². The van der Waals surface area contributed by atoms with Crippen molar-refractivity contribution in [1.29, 1.82) is 5.26 Å². The van der Waals surface area contributed by atoms with Crippen LogP contribution in [0.4, 0.5) is 0 Å². The summed E-state index contributed by atoms with van der Waals surface area (Å²) in [5.74, 6) is -0.641. The van der Waals surface area contributed by atoms with Crippen molar-refractivity contribution in [2.75, 3.05) is 0 Å². The van der Waals surface area contributed by atoms with Crippen molar-refractivity contribution in [2.45, 2.75) is 51.7 Å². The van der Waals surface area contributed by atoms with Gasteiger partial charge in [-0.2, -0.15) is 38.9 Å². The van der Waals surface area contributed by atoms with Crippen LogP contribution in [0.5, 0.6) is 23.0 Å². The van der Waals surface area contributed by atoms with Crippen molar-refractivity contribution in [3.05, 3.63) is 232 Å². The molecule has 0 unspecified atom stereocenters. The lowest BCUT2D eigenvalue weighted by Gasteiger charge is -2.22. The molecule has 0 aromatic heterocycles. The van der Waals surface area contributed by atoms with Gasteiger partial charge in [-0.1, -0.05) is 130 Å². The Morgan fingerprint density at radius 3 is 0.787 bits per heavy atom. The molecule has 0 aliphatic heterocycles. The van der Waals surface area contributed by atoms with Crippen LogP contribution in [0.25, 0.3) is 0 Å². The SMILES string of the molecule is N#CCc1cc2c(OS(=O)(=O)c3ccc(Br)cc3)c(c1)Cc1cccc(c1OS(=O)(=O)c1ccc(Br)cc1)Cc1cccc(c1OS(=O)(=O)c1ccc(Br)cc1)Cc1cccc(c1OS(=O)(=O)c1ccc(Br)cc1)C2. The number of halogens is 4. The predicted molar refractivity (Wildman–Crippen MR) is 294 cm³/mol. The molecule has 8 aromatic rings. The molecule has 8 aromatic carbocycles. The first-order valence-corrected chi connectivity index (χ1v) is 31.1. The highest BCUT2D eigenvalue weighted by molar-refractivity contribution is 9.11. The molecule has 0 saturated carbocycles. The van der Waals surface area contributed by atoms with E-state index in [0.717, 1.165) is 0 Å². The first-order valence-electron chi connectivity index (χ1n) is 22.3. The van der Waals surface area contributed by atoms with Crippen LogP contribution in [0.2, 0.25) is 0 Å². The third-order valence-corrected chi connectivity index (χ3v) is 18.9. The number of fused-ring (bicyclic) bond motifs is 8. The van der Waals surface area contributed by atoms with Crippen molar-refractivity contribution in [3.8, 4) is 29.1 Å². The minimum atomic E-state index is -4.65. The molecule has 9 rings (SSSR count). The smallest absolute Gasteiger partial charge is 0.339 e. The van der Waals surface area contributed by atoms with E-state index in [1.54, 1.807) is 78.9 Å². The van der Waals surface area contributed by atoms with E-state index in [1.165, 1.54) is 84.9 Å². The average Bonchev–Trinajstić information content (AvgIpc) is 3.36. The maximum atomic E-state index is 14.4. The zero-order valence-corrected chi connectivity index (χ0v) is 48.2. The Morgan fingerprint density at radius 1 is 0.347 bits per heavy atom. The fourth-order valence-electron chi connectivity index (χ4n) is 8.32. The second-order valence-electron chi connectivity index (χ2n) is 17.0. The van der Waals surface area contributed by atoms with Crippen molar-refractivity contribution in [1.82, 2.24) is 0 Å². The number of nitrogens with zero attached hydrogens (tertiary/aromatic N) is 1. The third-order valence-electron chi connectivity index (χ3n) is 11.8. The molecule has 0 heterocycles. The van der Waals surface area contributed by atoms with E-state index in [9.17, 15) is 38.9 Å². The first-order chi connectivity index (χ1) is 35.7. The summed E-state index contributed by atoms with van der Waals surface area (Å²) in [6.07, 6.45) is -1.11. The van der Waals surface area contributed by atoms with Crippen molar-refractivity contribution in [3.63, 3.8) is 0 Å². The van der Waals surface area contributed by atoms with Crippen LogP contribution in [0.3, 0.4) is 0 Å². The predicted octanol–water partition coefficient (Wildman–Crippen LogP) is 12.6. The Morgan fingerprint density at radius 2 is 0.560 bits per heavy atom. The van der Waals surface area contributed by atoms with Crippen LogP contribution in [0, 0.1) is 11.3 Å². The van der Waals surface area contributed by atoms with Gasteiger partial charge < -0.3 is 16.7 Å². The van der Waals surface area contributed by atoms with Crippen LogP contribution >= 0.6 is 63.7 Å². The summed E-state index contributed by atoms with van der Waals surface area (Å²) in [5, 5.41) is 10.1. The van der Waals surface area contributed by atoms with E-state index in [2.05, 4.69) is 69.8 Å². The van der Waals surface area contributed by atoms with Gasteiger partial charge in [-0.05, 0) is 103 Å². The summed E-state index contributed by atoms with van der Waals surface area (Å²) in [6.45, 7) is 0. The number of benzene rings is 8. The fraction of sp³-hybridized carbons (Fsp3) is 0.0926. The summed E-state index contributed by atoms with van der Waals surface area (Å²) < 4.78 is 142. The summed E-state index contributed by atoms with van der Waals surface area (Å²) in [5.41, 5.74) is 2.23. The summed E-state index contributed by atoms with van der Waals surface area (Å²) >= 11 is 13.4. The quantitative estimate of drug-likeness (QED) is 0.0989. The average molecular weight is 1340 g/mol. The lowest BCUT2D eigenvalue weighted by Crippen LogP contribution is -2.16. The highest BCUT2D eigenvalue weighted by atomic mass is 79.9. The molecule has 0 atom stereocenters. The summed E-state index contributed by atoms with van der Waals surface area (Å²) in [6, 6.07) is 43.0. The van der Waals surface area contributed by atoms with E-state index in [1.807, 2.05) is 0 Å². The fourth-order valence-corrected chi connectivity index (χ4v) is 13.4. The van der Waals surface area contributed by atoms with E-state index in [-0.39, 0.29) is 119 Å². The number of hydrogen-bond donors (Lipinski definition) is 0. The van der Waals surface area contributed by atoms with Crippen LogP contribution in [0.15, 0.2) is 201 Å². The van der Waals surface area contributed by atoms with Crippen LogP contribution in [-0.4, -0.2) is 33.7 Å². The Bertz CT molecular complexity index is 3850. The van der Waals surface area contributed by atoms with Crippen LogP contribution in [-0.2, 0) is 72.6 Å². The van der Waals surface area contributed by atoms with Crippen LogP contribution < -0.4 is 16.7 Å². The second kappa shape index (κ2) is 22.0. The molecular weight excluding hydrogens is 1300 g/mol. The largest absolute Gasteiger partial charge is 0.378 e. The van der Waals surface area contributed by atoms with Gasteiger partial charge in [0.15, 0.2) is 0 Å². The number of rotatable bonds is 13. The summed E-state index contributed by atoms with van der Waals surface area (Å²) in [4.78, 5) is -0.761. The highest BCUT2D eigenvalue weighted by Crippen LogP contribution is 2.42. The third kappa shape index (κ3) is 12.4. The molecule has 382 valence electrons. The number of hydrogen-bond acceptors (Lipinski definition) is 13. The first kappa shape index (κ1) is 54.0. The molecule has 8 bridgehead atoms. The monoisotopic (exact) mass is 1330 g/mol. The van der Waals surface area contributed by atoms with E-state index < -0.39 is 40.5 Å². The standard InChI is InChI=1S/C54H37Br4NO12S4/c55-43-10-18-47(19-11-43)72(60,61)68-51-35-4-1-5-36(51)31-38-7-3-9-40(53(38)70-74(64,65)49-22-14-45(57)15-23-49)33-42-29-34(26-27-59)28-41(54(42)71-75(66,67)50-24-16-46(58)17-25-50)32-39-8-2-6-37(30-35)52(39)69-73(62,63)48-20-12-44(56)13-21-48/h1-25,28-29H,26,30-33H2. The number of nitriles is 1. The molecule has 0 N–H and O–H groups in total. The topological polar surface area (TPSA) is 197 Å². The molecular formula is C54H37Br4NO12S4.